The minimum absolute atomic E-state index is 0.204. The molecule has 3 nitrogen and oxygen atoms in total. The molecule has 4 rings (SSSR count). The van der Waals surface area contributed by atoms with Gasteiger partial charge < -0.3 is 9.88 Å². The lowest BCUT2D eigenvalue weighted by Gasteiger charge is -2.19. The third kappa shape index (κ3) is 2.37. The summed E-state index contributed by atoms with van der Waals surface area (Å²) in [4.78, 5) is 9.65. The van der Waals surface area contributed by atoms with Crippen LogP contribution in [0.15, 0.2) is 55.0 Å². The van der Waals surface area contributed by atoms with Crippen molar-refractivity contribution in [1.29, 1.82) is 0 Å². The summed E-state index contributed by atoms with van der Waals surface area (Å²) in [5.74, 6) is -0.204. The number of nitrogens with zero attached hydrogens (tertiary/aromatic N) is 2. The molecule has 1 aromatic heterocycles. The first-order valence-corrected chi connectivity index (χ1v) is 7.41. The Kier molecular flexibility index (Phi) is 3.15. The number of fused-ring (bicyclic) bond motifs is 1. The molecule has 2 aromatic carbocycles. The molecule has 0 saturated carbocycles. The highest BCUT2D eigenvalue weighted by Gasteiger charge is 2.20. The van der Waals surface area contributed by atoms with E-state index >= 15 is 0 Å². The summed E-state index contributed by atoms with van der Waals surface area (Å²) >= 11 is 0. The number of hydrogen-bond donors (Lipinski definition) is 1. The molecule has 0 aliphatic carbocycles. The molecule has 4 heteroatoms. The van der Waals surface area contributed by atoms with E-state index in [0.29, 0.717) is 0 Å². The fraction of sp³-hybridized carbons (Fsp3) is 0.167. The van der Waals surface area contributed by atoms with Gasteiger partial charge in [0.15, 0.2) is 0 Å². The van der Waals surface area contributed by atoms with Crippen LogP contribution in [0.3, 0.4) is 0 Å². The lowest BCUT2D eigenvalue weighted by atomic mass is 10.0. The van der Waals surface area contributed by atoms with E-state index in [1.54, 1.807) is 6.33 Å². The van der Waals surface area contributed by atoms with Crippen LogP contribution in [0.1, 0.15) is 11.3 Å². The van der Waals surface area contributed by atoms with E-state index < -0.39 is 0 Å². The second-order valence-corrected chi connectivity index (χ2v) is 5.58. The number of anilines is 1. The molecule has 3 aromatic rings. The Hall–Kier alpha value is -2.62. The molecule has 0 fully saturated rings. The highest BCUT2D eigenvalue weighted by Crippen LogP contribution is 2.33. The third-order valence-corrected chi connectivity index (χ3v) is 4.16. The molecule has 1 N–H and O–H groups in total. The first-order valence-electron chi connectivity index (χ1n) is 7.41. The number of benzene rings is 2. The van der Waals surface area contributed by atoms with E-state index in [2.05, 4.69) is 33.1 Å². The smallest absolute Gasteiger partial charge is 0.123 e. The van der Waals surface area contributed by atoms with Gasteiger partial charge in [0.1, 0.15) is 5.82 Å². The highest BCUT2D eigenvalue weighted by atomic mass is 19.1. The van der Waals surface area contributed by atoms with Crippen LogP contribution < -0.4 is 4.90 Å². The lowest BCUT2D eigenvalue weighted by molar-refractivity contribution is 0.628. The van der Waals surface area contributed by atoms with Crippen molar-refractivity contribution < 1.29 is 4.39 Å². The van der Waals surface area contributed by atoms with Gasteiger partial charge >= 0.3 is 0 Å². The van der Waals surface area contributed by atoms with Crippen molar-refractivity contribution in [2.75, 3.05) is 11.4 Å². The number of aromatic amines is 1. The molecule has 0 bridgehead atoms. The molecule has 0 atom stereocenters. The molecule has 0 spiro atoms. The van der Waals surface area contributed by atoms with E-state index in [0.717, 1.165) is 36.3 Å². The minimum Gasteiger partial charge on any atom is -0.365 e. The molecule has 110 valence electrons. The summed E-state index contributed by atoms with van der Waals surface area (Å²) in [5.41, 5.74) is 5.81. The summed E-state index contributed by atoms with van der Waals surface area (Å²) in [7, 11) is 0. The normalized spacial score (nSPS) is 13.4. The molecular formula is C18H16FN3. The number of halogens is 1. The van der Waals surface area contributed by atoms with Gasteiger partial charge in [-0.1, -0.05) is 24.3 Å². The van der Waals surface area contributed by atoms with Gasteiger partial charge in [-0.3, -0.25) is 0 Å². The molecule has 1 aliphatic rings. The van der Waals surface area contributed by atoms with Crippen LogP contribution in [-0.4, -0.2) is 16.5 Å². The lowest BCUT2D eigenvalue weighted by Crippen LogP contribution is -2.19. The Labute approximate surface area is 128 Å². The van der Waals surface area contributed by atoms with Crippen molar-refractivity contribution in [3.05, 3.63) is 72.1 Å². The maximum atomic E-state index is 13.1. The van der Waals surface area contributed by atoms with Crippen molar-refractivity contribution >= 4 is 5.69 Å². The van der Waals surface area contributed by atoms with Crippen molar-refractivity contribution in [2.45, 2.75) is 13.0 Å². The summed E-state index contributed by atoms with van der Waals surface area (Å²) in [6, 6.07) is 13.1. The average molecular weight is 293 g/mol. The van der Waals surface area contributed by atoms with Gasteiger partial charge in [0.25, 0.3) is 0 Å². The number of nitrogens with one attached hydrogen (secondary N) is 1. The van der Waals surface area contributed by atoms with E-state index in [-0.39, 0.29) is 5.82 Å². The third-order valence-electron chi connectivity index (χ3n) is 4.16. The minimum atomic E-state index is -0.204. The summed E-state index contributed by atoms with van der Waals surface area (Å²) < 4.78 is 13.1. The van der Waals surface area contributed by atoms with Crippen LogP contribution in [0, 0.1) is 5.82 Å². The van der Waals surface area contributed by atoms with Gasteiger partial charge in [-0.25, -0.2) is 9.37 Å². The molecule has 22 heavy (non-hydrogen) atoms. The van der Waals surface area contributed by atoms with Crippen molar-refractivity contribution in [3.8, 4) is 11.1 Å². The fourth-order valence-corrected chi connectivity index (χ4v) is 3.00. The van der Waals surface area contributed by atoms with Gasteiger partial charge in [-0.05, 0) is 41.3 Å². The molecule has 2 heterocycles. The van der Waals surface area contributed by atoms with Crippen LogP contribution in [0.4, 0.5) is 10.1 Å². The predicted molar refractivity (Wildman–Crippen MR) is 85.2 cm³/mol. The predicted octanol–water partition coefficient (Wildman–Crippen LogP) is 3.78. The standard InChI is InChI=1S/C18H16FN3/c19-16-5-3-13(4-6-16)15-2-1-14-7-8-22(18(14)9-15)11-17-10-20-12-21-17/h1-6,9-10,12H,7-8,11H2,(H,20,21). The van der Waals surface area contributed by atoms with Gasteiger partial charge in [-0.15, -0.1) is 0 Å². The van der Waals surface area contributed by atoms with Crippen molar-refractivity contribution in [3.63, 3.8) is 0 Å². The topological polar surface area (TPSA) is 31.9 Å². The maximum Gasteiger partial charge on any atom is 0.123 e. The maximum absolute atomic E-state index is 13.1. The Morgan fingerprint density at radius 1 is 1.09 bits per heavy atom. The first kappa shape index (κ1) is 13.1. The van der Waals surface area contributed by atoms with Gasteiger partial charge in [0.05, 0.1) is 18.6 Å². The quantitative estimate of drug-likeness (QED) is 0.797. The molecular weight excluding hydrogens is 277 g/mol. The molecule has 0 saturated heterocycles. The molecule has 1 aliphatic heterocycles. The number of imidazole rings is 1. The largest absolute Gasteiger partial charge is 0.365 e. The van der Waals surface area contributed by atoms with E-state index in [9.17, 15) is 4.39 Å². The zero-order valence-corrected chi connectivity index (χ0v) is 12.1. The zero-order chi connectivity index (χ0) is 14.9. The van der Waals surface area contributed by atoms with Crippen LogP contribution in [0.25, 0.3) is 11.1 Å². The monoisotopic (exact) mass is 293 g/mol. The Morgan fingerprint density at radius 2 is 1.91 bits per heavy atom. The second kappa shape index (κ2) is 5.30. The number of rotatable bonds is 3. The molecule has 0 radical (unpaired) electrons. The first-order chi connectivity index (χ1) is 10.8. The second-order valence-electron chi connectivity index (χ2n) is 5.58. The van der Waals surface area contributed by atoms with Crippen molar-refractivity contribution in [2.24, 2.45) is 0 Å². The van der Waals surface area contributed by atoms with E-state index in [1.165, 1.54) is 23.4 Å². The van der Waals surface area contributed by atoms with Crippen molar-refractivity contribution in [1.82, 2.24) is 9.97 Å². The summed E-state index contributed by atoms with van der Waals surface area (Å²) in [6.45, 7) is 1.82. The number of H-pyrrole nitrogens is 1. The van der Waals surface area contributed by atoms with E-state index in [1.807, 2.05) is 18.3 Å². The molecule has 0 amide bonds. The zero-order valence-electron chi connectivity index (χ0n) is 12.1. The van der Waals surface area contributed by atoms with Gasteiger partial charge in [-0.2, -0.15) is 0 Å². The molecule has 0 unspecified atom stereocenters. The summed E-state index contributed by atoms with van der Waals surface area (Å²) in [6.07, 6.45) is 4.70. The SMILES string of the molecule is Fc1ccc(-c2ccc3c(c2)N(Cc2c[nH]cn2)CC3)cc1. The Morgan fingerprint density at radius 3 is 2.68 bits per heavy atom. The van der Waals surface area contributed by atoms with Crippen LogP contribution in [0.5, 0.6) is 0 Å². The fourth-order valence-electron chi connectivity index (χ4n) is 3.00. The van der Waals surface area contributed by atoms with Crippen LogP contribution in [-0.2, 0) is 13.0 Å². The van der Waals surface area contributed by atoms with E-state index in [4.69, 9.17) is 0 Å². The van der Waals surface area contributed by atoms with Gasteiger partial charge in [0, 0.05) is 18.4 Å². The number of hydrogen-bond acceptors (Lipinski definition) is 2. The Bertz CT molecular complexity index is 779. The van der Waals surface area contributed by atoms with Crippen LogP contribution in [0.2, 0.25) is 0 Å². The summed E-state index contributed by atoms with van der Waals surface area (Å²) in [5, 5.41) is 0. The highest BCUT2D eigenvalue weighted by molar-refractivity contribution is 5.72. The van der Waals surface area contributed by atoms with Gasteiger partial charge in [0.2, 0.25) is 0 Å². The van der Waals surface area contributed by atoms with Crippen LogP contribution >= 0.6 is 0 Å². The number of aromatic nitrogens is 2. The average Bonchev–Trinajstić information content (AvgIpc) is 3.18. The Balaban J connectivity index is 1.66.